The summed E-state index contributed by atoms with van der Waals surface area (Å²) >= 11 is 2.07. The molecule has 2 rings (SSSR count). The first-order valence-corrected chi connectivity index (χ1v) is 7.63. The zero-order chi connectivity index (χ0) is 13.7. The fraction of sp³-hybridized carbons (Fsp3) is 0.533. The summed E-state index contributed by atoms with van der Waals surface area (Å²) in [4.78, 5) is 11.3. The molecule has 1 heterocycles. The average molecular weight is 279 g/mol. The lowest BCUT2D eigenvalue weighted by atomic mass is 10.1. The van der Waals surface area contributed by atoms with Crippen molar-refractivity contribution in [2.75, 3.05) is 19.4 Å². The smallest absolute Gasteiger partial charge is 0.337 e. The van der Waals surface area contributed by atoms with Crippen LogP contribution in [0.2, 0.25) is 0 Å². The molecule has 0 aromatic heterocycles. The Balaban J connectivity index is 1.81. The molecular weight excluding hydrogens is 258 g/mol. The Hall–Kier alpha value is -1.00. The zero-order valence-corrected chi connectivity index (χ0v) is 12.4. The summed E-state index contributed by atoms with van der Waals surface area (Å²) in [6.45, 7) is 4.21. The van der Waals surface area contributed by atoms with Crippen molar-refractivity contribution in [3.8, 4) is 0 Å². The predicted octanol–water partition coefficient (Wildman–Crippen LogP) is 2.85. The van der Waals surface area contributed by atoms with E-state index in [2.05, 4.69) is 28.7 Å². The molecule has 1 saturated heterocycles. The van der Waals surface area contributed by atoms with Gasteiger partial charge in [0.1, 0.15) is 0 Å². The normalized spacial score (nSPS) is 22.4. The number of hydrogen-bond acceptors (Lipinski definition) is 4. The van der Waals surface area contributed by atoms with E-state index >= 15 is 0 Å². The van der Waals surface area contributed by atoms with Crippen molar-refractivity contribution in [2.24, 2.45) is 0 Å². The number of rotatable bonds is 5. The highest BCUT2D eigenvalue weighted by molar-refractivity contribution is 8.00. The van der Waals surface area contributed by atoms with Gasteiger partial charge in [0.05, 0.1) is 12.7 Å². The number of thioether (sulfide) groups is 1. The highest BCUT2D eigenvalue weighted by Gasteiger charge is 2.28. The molecule has 1 aliphatic heterocycles. The Morgan fingerprint density at radius 3 is 2.74 bits per heavy atom. The van der Waals surface area contributed by atoms with E-state index in [0.717, 1.165) is 13.1 Å². The van der Waals surface area contributed by atoms with Gasteiger partial charge in [0.15, 0.2) is 0 Å². The van der Waals surface area contributed by atoms with Crippen molar-refractivity contribution in [3.63, 3.8) is 0 Å². The van der Waals surface area contributed by atoms with E-state index in [4.69, 9.17) is 0 Å². The summed E-state index contributed by atoms with van der Waals surface area (Å²) < 4.78 is 5.08. The second kappa shape index (κ2) is 6.44. The molecule has 1 aliphatic rings. The summed E-state index contributed by atoms with van der Waals surface area (Å²) in [7, 11) is 1.40. The van der Waals surface area contributed by atoms with Crippen LogP contribution < -0.4 is 5.32 Å². The van der Waals surface area contributed by atoms with Crippen LogP contribution in [0.4, 0.5) is 0 Å². The van der Waals surface area contributed by atoms with Crippen molar-refractivity contribution in [3.05, 3.63) is 35.4 Å². The molecule has 3 nitrogen and oxygen atoms in total. The average Bonchev–Trinajstić information content (AvgIpc) is 2.86. The molecule has 1 atom stereocenters. The maximum atomic E-state index is 11.3. The van der Waals surface area contributed by atoms with Crippen molar-refractivity contribution in [2.45, 2.75) is 31.1 Å². The summed E-state index contributed by atoms with van der Waals surface area (Å²) in [5, 5.41) is 3.51. The number of carbonyl (C=O) groups excluding carboxylic acids is 1. The topological polar surface area (TPSA) is 38.3 Å². The van der Waals surface area contributed by atoms with Crippen LogP contribution in [-0.4, -0.2) is 30.1 Å². The monoisotopic (exact) mass is 279 g/mol. The van der Waals surface area contributed by atoms with Gasteiger partial charge in [-0.25, -0.2) is 4.79 Å². The van der Waals surface area contributed by atoms with Crippen molar-refractivity contribution in [1.29, 1.82) is 0 Å². The van der Waals surface area contributed by atoms with Gasteiger partial charge in [-0.2, -0.15) is 11.8 Å². The lowest BCUT2D eigenvalue weighted by Crippen LogP contribution is -2.32. The van der Waals surface area contributed by atoms with Crippen LogP contribution in [0.15, 0.2) is 24.3 Å². The van der Waals surface area contributed by atoms with Gasteiger partial charge in [-0.3, -0.25) is 0 Å². The van der Waals surface area contributed by atoms with Gasteiger partial charge in [-0.05, 0) is 43.2 Å². The van der Waals surface area contributed by atoms with Gasteiger partial charge in [-0.1, -0.05) is 12.1 Å². The number of ether oxygens (including phenoxy) is 1. The van der Waals surface area contributed by atoms with Crippen molar-refractivity contribution >= 4 is 17.7 Å². The first-order valence-electron chi connectivity index (χ1n) is 6.65. The molecule has 0 amide bonds. The Bertz CT molecular complexity index is 424. The highest BCUT2D eigenvalue weighted by Crippen LogP contribution is 2.36. The number of esters is 1. The van der Waals surface area contributed by atoms with E-state index in [1.807, 2.05) is 24.3 Å². The van der Waals surface area contributed by atoms with Gasteiger partial charge in [0, 0.05) is 17.8 Å². The van der Waals surface area contributed by atoms with Gasteiger partial charge < -0.3 is 10.1 Å². The third-order valence-corrected chi connectivity index (χ3v) is 5.04. The fourth-order valence-corrected chi connectivity index (χ4v) is 3.60. The molecule has 1 unspecified atom stereocenters. The van der Waals surface area contributed by atoms with Gasteiger partial charge in [-0.15, -0.1) is 0 Å². The summed E-state index contributed by atoms with van der Waals surface area (Å²) in [5.74, 6) is 1.00. The second-order valence-electron chi connectivity index (χ2n) is 5.19. The standard InChI is InChI=1S/C15H21NO2S/c1-15(8-3-9-19-15)11-16-10-12-4-6-13(7-5-12)14(17)18-2/h4-7,16H,3,8-11H2,1-2H3. The molecule has 0 radical (unpaired) electrons. The minimum atomic E-state index is -0.283. The molecule has 19 heavy (non-hydrogen) atoms. The van der Waals surface area contributed by atoms with Crippen LogP contribution in [0.1, 0.15) is 35.7 Å². The second-order valence-corrected chi connectivity index (χ2v) is 6.88. The Labute approximate surface area is 119 Å². The lowest BCUT2D eigenvalue weighted by Gasteiger charge is -2.23. The summed E-state index contributed by atoms with van der Waals surface area (Å²) in [6, 6.07) is 7.58. The summed E-state index contributed by atoms with van der Waals surface area (Å²) in [6.07, 6.45) is 2.63. The molecular formula is C15H21NO2S. The Kier molecular flexibility index (Phi) is 4.88. The van der Waals surface area contributed by atoms with Crippen LogP contribution in [0.25, 0.3) is 0 Å². The van der Waals surface area contributed by atoms with Gasteiger partial charge in [0.2, 0.25) is 0 Å². The number of methoxy groups -OCH3 is 1. The lowest BCUT2D eigenvalue weighted by molar-refractivity contribution is 0.0600. The van der Waals surface area contributed by atoms with Crippen molar-refractivity contribution < 1.29 is 9.53 Å². The Morgan fingerprint density at radius 2 is 2.16 bits per heavy atom. The molecule has 104 valence electrons. The van der Waals surface area contributed by atoms with E-state index in [1.165, 1.54) is 31.3 Å². The van der Waals surface area contributed by atoms with Gasteiger partial charge >= 0.3 is 5.97 Å². The zero-order valence-electron chi connectivity index (χ0n) is 11.6. The number of hydrogen-bond donors (Lipinski definition) is 1. The molecule has 0 aliphatic carbocycles. The van der Waals surface area contributed by atoms with E-state index in [9.17, 15) is 4.79 Å². The fourth-order valence-electron chi connectivity index (χ4n) is 2.32. The molecule has 1 aromatic rings. The van der Waals surface area contributed by atoms with Crippen LogP contribution in [-0.2, 0) is 11.3 Å². The van der Waals surface area contributed by atoms with Crippen LogP contribution in [0.5, 0.6) is 0 Å². The number of nitrogens with one attached hydrogen (secondary N) is 1. The SMILES string of the molecule is COC(=O)c1ccc(CNCC2(C)CCCS2)cc1. The number of carbonyl (C=O) groups is 1. The molecule has 0 spiro atoms. The molecule has 4 heteroatoms. The maximum Gasteiger partial charge on any atom is 0.337 e. The largest absolute Gasteiger partial charge is 0.465 e. The predicted molar refractivity (Wildman–Crippen MR) is 79.6 cm³/mol. The molecule has 1 N–H and O–H groups in total. The first kappa shape index (κ1) is 14.4. The van der Waals surface area contributed by atoms with E-state index in [0.29, 0.717) is 10.3 Å². The van der Waals surface area contributed by atoms with Crippen LogP contribution >= 0.6 is 11.8 Å². The Morgan fingerprint density at radius 1 is 1.42 bits per heavy atom. The molecule has 1 aromatic carbocycles. The van der Waals surface area contributed by atoms with E-state index < -0.39 is 0 Å². The number of benzene rings is 1. The third kappa shape index (κ3) is 3.98. The third-order valence-electron chi connectivity index (χ3n) is 3.50. The highest BCUT2D eigenvalue weighted by atomic mass is 32.2. The molecule has 0 saturated carbocycles. The van der Waals surface area contributed by atoms with Crippen LogP contribution in [0, 0.1) is 0 Å². The van der Waals surface area contributed by atoms with E-state index in [-0.39, 0.29) is 5.97 Å². The van der Waals surface area contributed by atoms with Crippen LogP contribution in [0.3, 0.4) is 0 Å². The van der Waals surface area contributed by atoms with Crippen molar-refractivity contribution in [1.82, 2.24) is 5.32 Å². The minimum absolute atomic E-state index is 0.283. The molecule has 1 fully saturated rings. The summed E-state index contributed by atoms with van der Waals surface area (Å²) in [5.41, 5.74) is 1.80. The first-order chi connectivity index (χ1) is 9.13. The minimum Gasteiger partial charge on any atom is -0.465 e. The van der Waals surface area contributed by atoms with Gasteiger partial charge in [0.25, 0.3) is 0 Å². The molecule has 0 bridgehead atoms. The van der Waals surface area contributed by atoms with E-state index in [1.54, 1.807) is 0 Å². The quantitative estimate of drug-likeness (QED) is 0.841. The maximum absolute atomic E-state index is 11.3.